The number of nitrogens with zero attached hydrogens (tertiary/aromatic N) is 1. The molecule has 0 spiro atoms. The maximum absolute atomic E-state index is 8.32. The molecule has 1 rings (SSSR count). The van der Waals surface area contributed by atoms with E-state index in [9.17, 15) is 0 Å². The molecular weight excluding hydrogens is 202 g/mol. The molecule has 0 saturated carbocycles. The first kappa shape index (κ1) is 10.9. The van der Waals surface area contributed by atoms with Crippen molar-refractivity contribution in [3.63, 3.8) is 0 Å². The number of ether oxygens (including phenoxy) is 1. The highest BCUT2D eigenvalue weighted by Gasteiger charge is 2.03. The fourth-order valence-electron chi connectivity index (χ4n) is 1.01. The lowest BCUT2D eigenvalue weighted by Gasteiger charge is -2.11. The molecule has 0 fully saturated rings. The zero-order valence-electron chi connectivity index (χ0n) is 8.07. The van der Waals surface area contributed by atoms with Gasteiger partial charge in [0.05, 0.1) is 17.3 Å². The number of halogens is 1. The van der Waals surface area contributed by atoms with Crippen molar-refractivity contribution >= 4 is 17.8 Å². The van der Waals surface area contributed by atoms with Crippen LogP contribution in [0, 0.1) is 0 Å². The first-order chi connectivity index (χ1) is 6.63. The Balaban J connectivity index is 2.89. The van der Waals surface area contributed by atoms with E-state index in [0.717, 1.165) is 5.56 Å². The first-order valence-corrected chi connectivity index (χ1v) is 4.65. The molecule has 0 aliphatic heterocycles. The molecule has 0 heterocycles. The van der Waals surface area contributed by atoms with Crippen molar-refractivity contribution < 1.29 is 9.94 Å². The summed E-state index contributed by atoms with van der Waals surface area (Å²) in [6.45, 7) is 3.86. The van der Waals surface area contributed by atoms with Crippen molar-refractivity contribution in [2.75, 3.05) is 0 Å². The molecule has 0 aliphatic carbocycles. The van der Waals surface area contributed by atoms with Crippen LogP contribution in [0.1, 0.15) is 19.4 Å². The van der Waals surface area contributed by atoms with Gasteiger partial charge in [-0.15, -0.1) is 0 Å². The van der Waals surface area contributed by atoms with Gasteiger partial charge in [0.2, 0.25) is 0 Å². The minimum absolute atomic E-state index is 0.0878. The van der Waals surface area contributed by atoms with Crippen LogP contribution < -0.4 is 4.74 Å². The van der Waals surface area contributed by atoms with E-state index in [4.69, 9.17) is 21.5 Å². The maximum atomic E-state index is 8.32. The van der Waals surface area contributed by atoms with Crippen LogP contribution in [0.2, 0.25) is 5.02 Å². The summed E-state index contributed by atoms with van der Waals surface area (Å²) in [6, 6.07) is 5.20. The third-order valence-corrected chi connectivity index (χ3v) is 1.82. The minimum Gasteiger partial charge on any atom is -0.489 e. The maximum Gasteiger partial charge on any atom is 0.138 e. The van der Waals surface area contributed by atoms with Gasteiger partial charge in [0, 0.05) is 0 Å². The van der Waals surface area contributed by atoms with Gasteiger partial charge in [-0.05, 0) is 37.6 Å². The van der Waals surface area contributed by atoms with Gasteiger partial charge in [0.25, 0.3) is 0 Å². The summed E-state index contributed by atoms with van der Waals surface area (Å²) in [5.41, 5.74) is 0.730. The molecule has 0 bridgehead atoms. The number of oxime groups is 1. The van der Waals surface area contributed by atoms with Crippen molar-refractivity contribution in [3.05, 3.63) is 28.8 Å². The van der Waals surface area contributed by atoms with E-state index in [1.54, 1.807) is 18.2 Å². The predicted molar refractivity (Wildman–Crippen MR) is 56.6 cm³/mol. The molecule has 76 valence electrons. The minimum atomic E-state index is 0.0878. The van der Waals surface area contributed by atoms with Gasteiger partial charge in [0.15, 0.2) is 0 Å². The second-order valence-corrected chi connectivity index (χ2v) is 3.51. The Bertz CT molecular complexity index is 337. The van der Waals surface area contributed by atoms with Crippen molar-refractivity contribution in [1.82, 2.24) is 0 Å². The molecule has 0 aliphatic rings. The van der Waals surface area contributed by atoms with E-state index in [2.05, 4.69) is 5.16 Å². The van der Waals surface area contributed by atoms with E-state index in [0.29, 0.717) is 10.8 Å². The van der Waals surface area contributed by atoms with Crippen LogP contribution in [-0.4, -0.2) is 17.5 Å². The van der Waals surface area contributed by atoms with Crippen molar-refractivity contribution in [2.45, 2.75) is 20.0 Å². The zero-order valence-corrected chi connectivity index (χ0v) is 8.82. The van der Waals surface area contributed by atoms with E-state index in [1.807, 2.05) is 13.8 Å². The normalized spacial score (nSPS) is 11.1. The average Bonchev–Trinajstić information content (AvgIpc) is 2.10. The molecule has 0 unspecified atom stereocenters. The third kappa shape index (κ3) is 2.92. The van der Waals surface area contributed by atoms with Gasteiger partial charge >= 0.3 is 0 Å². The lowest BCUT2D eigenvalue weighted by molar-refractivity contribution is 0.242. The molecule has 0 radical (unpaired) electrons. The Morgan fingerprint density at radius 3 is 2.71 bits per heavy atom. The second-order valence-electron chi connectivity index (χ2n) is 3.10. The van der Waals surface area contributed by atoms with Crippen LogP contribution >= 0.6 is 11.6 Å². The molecule has 3 nitrogen and oxygen atoms in total. The van der Waals surface area contributed by atoms with Crippen LogP contribution in [0.4, 0.5) is 0 Å². The molecule has 0 aromatic heterocycles. The molecule has 14 heavy (non-hydrogen) atoms. The Kier molecular flexibility index (Phi) is 3.77. The van der Waals surface area contributed by atoms with Crippen LogP contribution in [0.25, 0.3) is 0 Å². The van der Waals surface area contributed by atoms with Gasteiger partial charge in [0.1, 0.15) is 5.75 Å². The van der Waals surface area contributed by atoms with Crippen LogP contribution in [0.5, 0.6) is 5.75 Å². The monoisotopic (exact) mass is 213 g/mol. The van der Waals surface area contributed by atoms with Gasteiger partial charge in [-0.25, -0.2) is 0 Å². The summed E-state index contributed by atoms with van der Waals surface area (Å²) in [5.74, 6) is 0.636. The molecule has 1 aromatic rings. The summed E-state index contributed by atoms with van der Waals surface area (Å²) < 4.78 is 5.44. The predicted octanol–water partition coefficient (Wildman–Crippen LogP) is 2.94. The molecule has 0 saturated heterocycles. The van der Waals surface area contributed by atoms with Crippen molar-refractivity contribution in [3.8, 4) is 5.75 Å². The molecule has 0 atom stereocenters. The lowest BCUT2D eigenvalue weighted by Crippen LogP contribution is -2.05. The van der Waals surface area contributed by atoms with Crippen molar-refractivity contribution in [2.24, 2.45) is 5.16 Å². The van der Waals surface area contributed by atoms with E-state index >= 15 is 0 Å². The number of rotatable bonds is 3. The highest BCUT2D eigenvalue weighted by Crippen LogP contribution is 2.25. The standard InChI is InChI=1S/C10H12ClNO2/c1-7(2)14-10-4-3-8(6-12-13)5-9(10)11/h3-7,13H,1-2H3. The molecule has 0 amide bonds. The van der Waals surface area contributed by atoms with E-state index in [1.165, 1.54) is 6.21 Å². The fourth-order valence-corrected chi connectivity index (χ4v) is 1.25. The van der Waals surface area contributed by atoms with Crippen LogP contribution in [-0.2, 0) is 0 Å². The first-order valence-electron chi connectivity index (χ1n) is 4.27. The molecule has 4 heteroatoms. The number of benzene rings is 1. The number of hydrogen-bond acceptors (Lipinski definition) is 3. The smallest absolute Gasteiger partial charge is 0.138 e. The average molecular weight is 214 g/mol. The topological polar surface area (TPSA) is 41.8 Å². The summed E-state index contributed by atoms with van der Waals surface area (Å²) in [6.07, 6.45) is 1.40. The van der Waals surface area contributed by atoms with Crippen LogP contribution in [0.15, 0.2) is 23.4 Å². The van der Waals surface area contributed by atoms with Gasteiger partial charge in [-0.2, -0.15) is 0 Å². The second kappa shape index (κ2) is 4.86. The quantitative estimate of drug-likeness (QED) is 0.477. The molecule has 1 N–H and O–H groups in total. The summed E-state index contributed by atoms with van der Waals surface area (Å²) in [7, 11) is 0. The Morgan fingerprint density at radius 2 is 2.21 bits per heavy atom. The number of hydrogen-bond donors (Lipinski definition) is 1. The van der Waals surface area contributed by atoms with E-state index < -0.39 is 0 Å². The van der Waals surface area contributed by atoms with E-state index in [-0.39, 0.29) is 6.10 Å². The largest absolute Gasteiger partial charge is 0.489 e. The summed E-state index contributed by atoms with van der Waals surface area (Å²) in [5, 5.41) is 11.7. The van der Waals surface area contributed by atoms with Crippen molar-refractivity contribution in [1.29, 1.82) is 0 Å². The van der Waals surface area contributed by atoms with Gasteiger partial charge in [-0.3, -0.25) is 0 Å². The van der Waals surface area contributed by atoms with Gasteiger partial charge in [-0.1, -0.05) is 16.8 Å². The molecule has 1 aromatic carbocycles. The van der Waals surface area contributed by atoms with Crippen LogP contribution in [0.3, 0.4) is 0 Å². The Labute approximate surface area is 88.0 Å². The fraction of sp³-hybridized carbons (Fsp3) is 0.300. The molecular formula is C10H12ClNO2. The lowest BCUT2D eigenvalue weighted by atomic mass is 10.2. The SMILES string of the molecule is CC(C)Oc1ccc(C=NO)cc1Cl. The highest BCUT2D eigenvalue weighted by atomic mass is 35.5. The summed E-state index contributed by atoms with van der Waals surface area (Å²) >= 11 is 5.94. The van der Waals surface area contributed by atoms with Gasteiger partial charge < -0.3 is 9.94 Å². The third-order valence-electron chi connectivity index (χ3n) is 1.53. The summed E-state index contributed by atoms with van der Waals surface area (Å²) in [4.78, 5) is 0. The Hall–Kier alpha value is -1.22. The highest BCUT2D eigenvalue weighted by molar-refractivity contribution is 6.32. The zero-order chi connectivity index (χ0) is 10.6. The Morgan fingerprint density at radius 1 is 1.50 bits per heavy atom.